The number of nitrogens with one attached hydrogen (secondary N) is 3. The number of aliphatic imine (C=N–C) groups is 1. The number of nitrogens with two attached hydrogens (primary N) is 2. The van der Waals surface area contributed by atoms with Gasteiger partial charge in [-0.15, -0.1) is 0 Å². The van der Waals surface area contributed by atoms with E-state index in [1.807, 2.05) is 20.8 Å². The number of ether oxygens (including phenoxy) is 2. The minimum absolute atomic E-state index is 0.00621. The average Bonchev–Trinajstić information content (AvgIpc) is 3.04. The van der Waals surface area contributed by atoms with Crippen molar-refractivity contribution in [2.24, 2.45) is 16.5 Å². The summed E-state index contributed by atoms with van der Waals surface area (Å²) in [5.41, 5.74) is 11.4. The second-order valence-electron chi connectivity index (χ2n) is 12.6. The highest BCUT2D eigenvalue weighted by Gasteiger charge is 2.31. The van der Waals surface area contributed by atoms with Gasteiger partial charge in [0.2, 0.25) is 27.6 Å². The Balaban J connectivity index is 2.23. The van der Waals surface area contributed by atoms with E-state index in [-0.39, 0.29) is 44.1 Å². The van der Waals surface area contributed by atoms with Crippen LogP contribution in [0.15, 0.2) is 59.6 Å². The molecule has 0 aliphatic carbocycles. The minimum atomic E-state index is -4.01. The van der Waals surface area contributed by atoms with Crippen LogP contribution in [-0.2, 0) is 50.9 Å². The molecule has 0 aliphatic rings. The molecule has 0 saturated carbocycles. The van der Waals surface area contributed by atoms with Crippen molar-refractivity contribution in [2.45, 2.75) is 70.4 Å². The second-order valence-corrected chi connectivity index (χ2v) is 14.3. The molecule has 7 N–H and O–H groups in total. The maximum atomic E-state index is 13.5. The van der Waals surface area contributed by atoms with Crippen molar-refractivity contribution < 1.29 is 41.9 Å². The third-order valence-electron chi connectivity index (χ3n) is 6.88. The number of carbonyl (C=O) groups is 5. The number of benzene rings is 2. The maximum Gasteiger partial charge on any atom is 0.325 e. The maximum absolute atomic E-state index is 13.5. The average molecular weight is 732 g/mol. The molecule has 0 spiro atoms. The third kappa shape index (κ3) is 16.5. The summed E-state index contributed by atoms with van der Waals surface area (Å²) in [5.74, 6) is -4.43. The van der Waals surface area contributed by atoms with Crippen LogP contribution in [0, 0.1) is 0 Å². The van der Waals surface area contributed by atoms with Gasteiger partial charge in [-0.1, -0.05) is 42.5 Å². The number of ketones is 1. The number of nitrogens with zero attached hydrogens (tertiary/aromatic N) is 2. The third-order valence-corrected chi connectivity index (χ3v) is 8.24. The van der Waals surface area contributed by atoms with Crippen molar-refractivity contribution in [2.75, 3.05) is 33.3 Å². The fourth-order valence-corrected chi connectivity index (χ4v) is 6.06. The van der Waals surface area contributed by atoms with Crippen LogP contribution in [-0.4, -0.2) is 99.7 Å². The number of carbonyl (C=O) groups excluding carboxylic acids is 5. The van der Waals surface area contributed by atoms with E-state index in [0.717, 1.165) is 4.90 Å². The zero-order valence-corrected chi connectivity index (χ0v) is 30.5. The van der Waals surface area contributed by atoms with E-state index in [9.17, 15) is 32.4 Å². The van der Waals surface area contributed by atoms with Crippen molar-refractivity contribution in [3.05, 3.63) is 65.7 Å². The van der Waals surface area contributed by atoms with Crippen LogP contribution in [0.1, 0.15) is 51.7 Å². The topological polar surface area (TPSA) is 242 Å². The standard InChI is InChI=1S/C34H49N7O9S/c1-6-49-29(43)20-38-31(45)30(44)27(19-23-14-16-25(17-15-23)50-34(2,3)4)39-28(42)21-41(5)32(46)26(13-10-18-37-33(35)36)40-51(47,48)22-24-11-8-7-9-12-24/h7-9,11-12,14-17,26-27,40H,6,10,13,18-22H2,1-5H3,(H,38,45)(H,39,42)(H4,35,36,37)/t26-,27+/m1/s1. The fourth-order valence-electron chi connectivity index (χ4n) is 4.69. The van der Waals surface area contributed by atoms with E-state index in [4.69, 9.17) is 20.9 Å². The van der Waals surface area contributed by atoms with Gasteiger partial charge in [-0.05, 0) is 63.8 Å². The number of amides is 3. The lowest BCUT2D eigenvalue weighted by atomic mass is 10.0. The number of guanidine groups is 1. The zero-order chi connectivity index (χ0) is 38.2. The molecule has 2 aromatic rings. The molecule has 0 saturated heterocycles. The molecule has 0 bridgehead atoms. The smallest absolute Gasteiger partial charge is 0.325 e. The normalized spacial score (nSPS) is 12.5. The Morgan fingerprint density at radius 1 is 0.941 bits per heavy atom. The molecule has 16 nitrogen and oxygen atoms in total. The Kier molecular flexibility index (Phi) is 16.5. The van der Waals surface area contributed by atoms with Crippen molar-refractivity contribution in [1.29, 1.82) is 0 Å². The first-order chi connectivity index (χ1) is 23.9. The highest BCUT2D eigenvalue weighted by Crippen LogP contribution is 2.19. The van der Waals surface area contributed by atoms with Crippen molar-refractivity contribution in [1.82, 2.24) is 20.3 Å². The van der Waals surface area contributed by atoms with Crippen molar-refractivity contribution in [3.63, 3.8) is 0 Å². The summed E-state index contributed by atoms with van der Waals surface area (Å²) in [6, 6.07) is 12.4. The number of rotatable bonds is 20. The molecule has 0 unspecified atom stereocenters. The molecule has 2 rings (SSSR count). The van der Waals surface area contributed by atoms with E-state index < -0.39 is 70.3 Å². The van der Waals surface area contributed by atoms with E-state index in [1.54, 1.807) is 61.5 Å². The van der Waals surface area contributed by atoms with Gasteiger partial charge in [0, 0.05) is 20.0 Å². The van der Waals surface area contributed by atoms with Crippen LogP contribution >= 0.6 is 0 Å². The molecule has 280 valence electrons. The van der Waals surface area contributed by atoms with Gasteiger partial charge >= 0.3 is 5.97 Å². The summed E-state index contributed by atoms with van der Waals surface area (Å²) in [4.78, 5) is 69.4. The van der Waals surface area contributed by atoms with Crippen LogP contribution in [0.3, 0.4) is 0 Å². The van der Waals surface area contributed by atoms with Crippen LogP contribution in [0.4, 0.5) is 0 Å². The SMILES string of the molecule is CCOC(=O)CNC(=O)C(=O)[C@H](Cc1ccc(OC(C)(C)C)cc1)NC(=O)CN(C)C(=O)[C@@H](CCCN=C(N)N)NS(=O)(=O)Cc1ccccc1. The summed E-state index contributed by atoms with van der Waals surface area (Å²) in [6.45, 7) is 6.31. The van der Waals surface area contributed by atoms with Crippen molar-refractivity contribution in [3.8, 4) is 5.75 Å². The molecule has 51 heavy (non-hydrogen) atoms. The van der Waals surface area contributed by atoms with Gasteiger partial charge in [0.15, 0.2) is 5.96 Å². The van der Waals surface area contributed by atoms with E-state index in [1.165, 1.54) is 7.05 Å². The predicted octanol–water partition coefficient (Wildman–Crippen LogP) is 0.140. The number of hydrogen-bond acceptors (Lipinski definition) is 10. The van der Waals surface area contributed by atoms with Crippen LogP contribution < -0.4 is 31.6 Å². The molecule has 0 aliphatic heterocycles. The predicted molar refractivity (Wildman–Crippen MR) is 191 cm³/mol. The molecule has 0 fully saturated rings. The summed E-state index contributed by atoms with van der Waals surface area (Å²) in [6.07, 6.45) is 0.128. The van der Waals surface area contributed by atoms with Gasteiger partial charge < -0.3 is 36.5 Å². The number of hydrogen-bond donors (Lipinski definition) is 5. The lowest BCUT2D eigenvalue weighted by molar-refractivity contribution is -0.145. The monoisotopic (exact) mass is 731 g/mol. The molecule has 3 amide bonds. The van der Waals surface area contributed by atoms with Gasteiger partial charge in [-0.25, -0.2) is 13.1 Å². The van der Waals surface area contributed by atoms with Gasteiger partial charge in [0.25, 0.3) is 5.91 Å². The lowest BCUT2D eigenvalue weighted by Gasteiger charge is -2.25. The second kappa shape index (κ2) is 20.0. The summed E-state index contributed by atoms with van der Waals surface area (Å²) in [7, 11) is -2.71. The molecule has 0 radical (unpaired) electrons. The quantitative estimate of drug-likeness (QED) is 0.0403. The highest BCUT2D eigenvalue weighted by molar-refractivity contribution is 7.88. The summed E-state index contributed by atoms with van der Waals surface area (Å²) >= 11 is 0. The first kappa shape index (κ1) is 42.1. The van der Waals surface area contributed by atoms with Gasteiger partial charge in [0.05, 0.1) is 18.9 Å². The van der Waals surface area contributed by atoms with Crippen molar-refractivity contribution >= 4 is 45.5 Å². The number of esters is 1. The first-order valence-corrected chi connectivity index (χ1v) is 17.9. The zero-order valence-electron chi connectivity index (χ0n) is 29.6. The Morgan fingerprint density at radius 2 is 1.59 bits per heavy atom. The highest BCUT2D eigenvalue weighted by atomic mass is 32.2. The van der Waals surface area contributed by atoms with Crippen LogP contribution in [0.25, 0.3) is 0 Å². The Labute approximate surface area is 298 Å². The van der Waals surface area contributed by atoms with E-state index in [0.29, 0.717) is 16.9 Å². The lowest BCUT2D eigenvalue weighted by Crippen LogP contribution is -2.53. The summed E-state index contributed by atoms with van der Waals surface area (Å²) < 4.78 is 39.1. The van der Waals surface area contributed by atoms with Crippen LogP contribution in [0.2, 0.25) is 0 Å². The van der Waals surface area contributed by atoms with Crippen LogP contribution in [0.5, 0.6) is 5.75 Å². The molecule has 0 heterocycles. The number of likely N-dealkylation sites (N-methyl/N-ethyl adjacent to an activating group) is 1. The molecule has 2 atom stereocenters. The molecular formula is C34H49N7O9S. The van der Waals surface area contributed by atoms with Gasteiger partial charge in [0.1, 0.15) is 30.0 Å². The molecule has 17 heteroatoms. The Bertz CT molecular complexity index is 1620. The largest absolute Gasteiger partial charge is 0.488 e. The van der Waals surface area contributed by atoms with Gasteiger partial charge in [-0.3, -0.25) is 29.0 Å². The summed E-state index contributed by atoms with van der Waals surface area (Å²) in [5, 5.41) is 4.70. The molecule has 0 aromatic heterocycles. The Morgan fingerprint density at radius 3 is 2.18 bits per heavy atom. The van der Waals surface area contributed by atoms with Gasteiger partial charge in [-0.2, -0.15) is 0 Å². The first-order valence-electron chi connectivity index (χ1n) is 16.3. The fraction of sp³-hybridized carbons (Fsp3) is 0.471. The molecule has 2 aromatic carbocycles. The minimum Gasteiger partial charge on any atom is -0.488 e. The van der Waals surface area contributed by atoms with E-state index in [2.05, 4.69) is 20.3 Å². The molecular weight excluding hydrogens is 682 g/mol. The number of sulfonamides is 1. The van der Waals surface area contributed by atoms with E-state index >= 15 is 0 Å². The Hall–Kier alpha value is -5.03. The number of Topliss-reactive ketones (excluding diaryl/α,β-unsaturated/α-hetero) is 1.